The predicted octanol–water partition coefficient (Wildman–Crippen LogP) is 7.48. The normalized spacial score (nSPS) is 11.7. The van der Waals surface area contributed by atoms with E-state index in [0.29, 0.717) is 5.56 Å². The lowest BCUT2D eigenvalue weighted by Gasteiger charge is -2.22. The topological polar surface area (TPSA) is 78.1 Å². The molecule has 200 valence electrons. The molecule has 0 aliphatic rings. The molecule has 1 heterocycles. The fourth-order valence-electron chi connectivity index (χ4n) is 4.41. The Morgan fingerprint density at radius 3 is 1.93 bits per heavy atom. The van der Waals surface area contributed by atoms with Crippen molar-refractivity contribution in [3.63, 3.8) is 0 Å². The highest BCUT2D eigenvalue weighted by Gasteiger charge is 2.35. The van der Waals surface area contributed by atoms with E-state index in [2.05, 4.69) is 9.97 Å². The van der Waals surface area contributed by atoms with Crippen LogP contribution in [-0.2, 0) is 0 Å². The van der Waals surface area contributed by atoms with Gasteiger partial charge in [-0.15, -0.1) is 0 Å². The molecule has 0 bridgehead atoms. The van der Waals surface area contributed by atoms with Crippen LogP contribution in [0.3, 0.4) is 0 Å². The molecule has 0 fully saturated rings. The molecule has 5 rings (SSSR count). The second-order valence-electron chi connectivity index (χ2n) is 8.86. The summed E-state index contributed by atoms with van der Waals surface area (Å²) < 4.78 is 67.4. The Kier molecular flexibility index (Phi) is 7.54. The minimum Gasteiger partial charge on any atom is -0.451 e. The van der Waals surface area contributed by atoms with Gasteiger partial charge in [-0.25, -0.2) is 18.7 Å². The van der Waals surface area contributed by atoms with Crippen molar-refractivity contribution in [1.82, 2.24) is 9.97 Å². The molecule has 1 atom stereocenters. The number of carbonyl (C=O) groups excluding carboxylic acids is 1. The van der Waals surface area contributed by atoms with Crippen LogP contribution in [0.2, 0.25) is 0 Å². The fourth-order valence-corrected chi connectivity index (χ4v) is 4.41. The van der Waals surface area contributed by atoms with Gasteiger partial charge in [0.15, 0.2) is 17.4 Å². The smallest absolute Gasteiger partial charge is 0.220 e. The summed E-state index contributed by atoms with van der Waals surface area (Å²) in [5, 5.41) is 0. The van der Waals surface area contributed by atoms with E-state index in [9.17, 15) is 4.79 Å². The van der Waals surface area contributed by atoms with E-state index in [-0.39, 0.29) is 28.5 Å². The summed E-state index contributed by atoms with van der Waals surface area (Å²) in [5.74, 6) is -10.3. The van der Waals surface area contributed by atoms with Crippen molar-refractivity contribution in [1.29, 1.82) is 0 Å². The molecule has 1 unspecified atom stereocenters. The van der Waals surface area contributed by atoms with Gasteiger partial charge in [0.25, 0.3) is 0 Å². The minimum absolute atomic E-state index is 0.0269. The Bertz CT molecular complexity index is 1640. The van der Waals surface area contributed by atoms with Gasteiger partial charge >= 0.3 is 0 Å². The van der Waals surface area contributed by atoms with E-state index in [1.165, 1.54) is 42.6 Å². The van der Waals surface area contributed by atoms with Crippen molar-refractivity contribution in [2.75, 3.05) is 5.73 Å². The van der Waals surface area contributed by atoms with Crippen molar-refractivity contribution in [3.05, 3.63) is 137 Å². The number of hydrogen-bond donors (Lipinski definition) is 1. The number of para-hydroxylation sites is 1. The molecule has 4 aromatic carbocycles. The molecule has 0 aliphatic carbocycles. The Balaban J connectivity index is 1.71. The highest BCUT2D eigenvalue weighted by molar-refractivity contribution is 5.97. The zero-order valence-electron chi connectivity index (χ0n) is 20.8. The molecule has 5 aromatic rings. The van der Waals surface area contributed by atoms with Gasteiger partial charge in [-0.1, -0.05) is 78.9 Å². The molecule has 0 radical (unpaired) electrons. The highest BCUT2D eigenvalue weighted by Crippen LogP contribution is 2.42. The van der Waals surface area contributed by atoms with E-state index >= 15 is 17.6 Å². The summed E-state index contributed by atoms with van der Waals surface area (Å²) >= 11 is 0. The van der Waals surface area contributed by atoms with Gasteiger partial charge in [0.2, 0.25) is 23.3 Å². The number of nitrogens with zero attached hydrogens (tertiary/aromatic N) is 2. The third-order valence-corrected chi connectivity index (χ3v) is 6.31. The number of rotatable bonds is 8. The summed E-state index contributed by atoms with van der Waals surface area (Å²) in [6, 6.07) is 24.0. The lowest BCUT2D eigenvalue weighted by atomic mass is 9.83. The molecule has 0 aliphatic heterocycles. The number of hydrogen-bond acceptors (Lipinski definition) is 5. The first-order valence-electron chi connectivity index (χ1n) is 12.2. The van der Waals surface area contributed by atoms with Gasteiger partial charge in [0.05, 0.1) is 5.69 Å². The van der Waals surface area contributed by atoms with Crippen LogP contribution in [0.25, 0.3) is 11.3 Å². The maximum atomic E-state index is 15.8. The SMILES string of the molecule is Nc1ncc(C(CC(=O)c2ccccc2)c2c(F)c(F)c(Oc3ccccc3)c(F)c2F)c(-c2ccccc2)n1. The molecule has 40 heavy (non-hydrogen) atoms. The lowest BCUT2D eigenvalue weighted by Crippen LogP contribution is -2.17. The van der Waals surface area contributed by atoms with Crippen LogP contribution >= 0.6 is 0 Å². The van der Waals surface area contributed by atoms with Gasteiger partial charge in [-0.05, 0) is 12.1 Å². The van der Waals surface area contributed by atoms with Crippen LogP contribution in [0.4, 0.5) is 23.5 Å². The van der Waals surface area contributed by atoms with Crippen LogP contribution in [0.15, 0.2) is 97.2 Å². The standard InChI is InChI=1S/C31H21F4N3O2/c32-25-24(26(33)28(35)30(27(25)34)40-20-14-8-3-9-15-20)21(16-23(39)18-10-4-1-5-11-18)22-17-37-31(36)38-29(22)19-12-6-2-7-13-19/h1-15,17,21H,16H2,(H2,36,37,38). The van der Waals surface area contributed by atoms with Crippen LogP contribution in [-0.4, -0.2) is 15.8 Å². The van der Waals surface area contributed by atoms with Crippen molar-refractivity contribution in [3.8, 4) is 22.8 Å². The van der Waals surface area contributed by atoms with E-state index in [0.717, 1.165) is 0 Å². The average Bonchev–Trinajstić information content (AvgIpc) is 2.99. The predicted molar refractivity (Wildman–Crippen MR) is 142 cm³/mol. The quantitative estimate of drug-likeness (QED) is 0.125. The number of benzene rings is 4. The maximum absolute atomic E-state index is 15.8. The van der Waals surface area contributed by atoms with Gasteiger partial charge in [0, 0.05) is 40.8 Å². The molecular weight excluding hydrogens is 522 g/mol. The van der Waals surface area contributed by atoms with Gasteiger partial charge < -0.3 is 10.5 Å². The Hall–Kier alpha value is -5.05. The number of anilines is 1. The van der Waals surface area contributed by atoms with Crippen LogP contribution in [0, 0.1) is 23.3 Å². The van der Waals surface area contributed by atoms with E-state index in [1.54, 1.807) is 54.6 Å². The monoisotopic (exact) mass is 543 g/mol. The summed E-state index contributed by atoms with van der Waals surface area (Å²) in [4.78, 5) is 21.5. The molecule has 0 spiro atoms. The molecule has 2 N–H and O–H groups in total. The molecule has 9 heteroatoms. The first-order valence-corrected chi connectivity index (χ1v) is 12.2. The lowest BCUT2D eigenvalue weighted by molar-refractivity contribution is 0.0976. The molecule has 0 amide bonds. The summed E-state index contributed by atoms with van der Waals surface area (Å²) in [6.07, 6.45) is 0.652. The number of aromatic nitrogens is 2. The van der Waals surface area contributed by atoms with Crippen LogP contribution in [0.5, 0.6) is 11.5 Å². The Morgan fingerprint density at radius 2 is 1.32 bits per heavy atom. The third kappa shape index (κ3) is 5.26. The van der Waals surface area contributed by atoms with E-state index in [4.69, 9.17) is 10.5 Å². The van der Waals surface area contributed by atoms with Gasteiger partial charge in [0.1, 0.15) is 5.75 Å². The zero-order chi connectivity index (χ0) is 28.2. The maximum Gasteiger partial charge on any atom is 0.220 e. The summed E-state index contributed by atoms with van der Waals surface area (Å²) in [7, 11) is 0. The van der Waals surface area contributed by atoms with E-state index < -0.39 is 52.7 Å². The molecule has 0 saturated heterocycles. The second-order valence-corrected chi connectivity index (χ2v) is 8.86. The van der Waals surface area contributed by atoms with Crippen molar-refractivity contribution < 1.29 is 27.1 Å². The van der Waals surface area contributed by atoms with Crippen molar-refractivity contribution >= 4 is 11.7 Å². The number of nitrogen functional groups attached to an aromatic ring is 1. The fraction of sp³-hybridized carbons (Fsp3) is 0.0645. The minimum atomic E-state index is -1.74. The number of ether oxygens (including phenoxy) is 1. The van der Waals surface area contributed by atoms with Gasteiger partial charge in [-0.2, -0.15) is 8.78 Å². The Labute approximate surface area is 226 Å². The first kappa shape index (κ1) is 26.6. The molecule has 0 saturated carbocycles. The molecular formula is C31H21F4N3O2. The number of halogens is 4. The largest absolute Gasteiger partial charge is 0.451 e. The summed E-state index contributed by atoms with van der Waals surface area (Å²) in [6.45, 7) is 0. The Morgan fingerprint density at radius 1 is 0.775 bits per heavy atom. The van der Waals surface area contributed by atoms with E-state index in [1.807, 2.05) is 0 Å². The number of nitrogens with two attached hydrogens (primary N) is 1. The van der Waals surface area contributed by atoms with Crippen molar-refractivity contribution in [2.24, 2.45) is 0 Å². The first-order chi connectivity index (χ1) is 19.3. The third-order valence-electron chi connectivity index (χ3n) is 6.31. The number of ketones is 1. The highest BCUT2D eigenvalue weighted by atomic mass is 19.2. The van der Waals surface area contributed by atoms with Crippen LogP contribution < -0.4 is 10.5 Å². The zero-order valence-corrected chi connectivity index (χ0v) is 20.8. The second kappa shape index (κ2) is 11.4. The number of Topliss-reactive ketones (excluding diaryl/α,β-unsaturated/α-hetero) is 1. The number of carbonyl (C=O) groups is 1. The molecule has 1 aromatic heterocycles. The summed E-state index contributed by atoms with van der Waals surface area (Å²) in [5.41, 5.74) is 5.78. The molecule has 5 nitrogen and oxygen atoms in total. The van der Waals surface area contributed by atoms with Crippen molar-refractivity contribution in [2.45, 2.75) is 12.3 Å². The van der Waals surface area contributed by atoms with Gasteiger partial charge in [-0.3, -0.25) is 4.79 Å². The average molecular weight is 544 g/mol. The van der Waals surface area contributed by atoms with Crippen LogP contribution in [0.1, 0.15) is 33.8 Å².